The van der Waals surface area contributed by atoms with Crippen molar-refractivity contribution in [3.05, 3.63) is 59.4 Å². The van der Waals surface area contributed by atoms with Crippen LogP contribution in [-0.4, -0.2) is 19.9 Å². The third kappa shape index (κ3) is 2.50. The summed E-state index contributed by atoms with van der Waals surface area (Å²) >= 11 is 5.52. The minimum Gasteiger partial charge on any atom is -0.506 e. The molecule has 3 aromatic rings. The highest BCUT2D eigenvalue weighted by Gasteiger charge is 2.15. The molecule has 4 nitrogen and oxygen atoms in total. The molecule has 0 saturated carbocycles. The third-order valence-corrected chi connectivity index (χ3v) is 3.65. The van der Waals surface area contributed by atoms with Crippen LogP contribution in [0.3, 0.4) is 0 Å². The maximum Gasteiger partial charge on any atom is 0.252 e. The zero-order chi connectivity index (χ0) is 15.0. The Bertz CT molecular complexity index is 825. The van der Waals surface area contributed by atoms with Crippen molar-refractivity contribution >= 4 is 27.9 Å². The Morgan fingerprint density at radius 3 is 2.67 bits per heavy atom. The second-order valence-corrected chi connectivity index (χ2v) is 5.21. The van der Waals surface area contributed by atoms with Crippen molar-refractivity contribution in [2.45, 2.75) is 13.5 Å². The van der Waals surface area contributed by atoms with Gasteiger partial charge in [0.25, 0.3) is 5.24 Å². The molecule has 0 spiro atoms. The summed E-state index contributed by atoms with van der Waals surface area (Å²) in [5, 5.41) is 9.42. The molecule has 0 atom stereocenters. The van der Waals surface area contributed by atoms with E-state index in [0.29, 0.717) is 17.6 Å². The van der Waals surface area contributed by atoms with Gasteiger partial charge in [-0.05, 0) is 36.2 Å². The first-order valence-electron chi connectivity index (χ1n) is 6.50. The molecule has 3 rings (SSSR count). The Kier molecular flexibility index (Phi) is 3.39. The maximum atomic E-state index is 11.3. The molecule has 1 aromatic heterocycles. The van der Waals surface area contributed by atoms with Crippen LogP contribution >= 0.6 is 11.6 Å². The van der Waals surface area contributed by atoms with Crippen molar-refractivity contribution in [3.8, 4) is 5.75 Å². The van der Waals surface area contributed by atoms with Gasteiger partial charge < -0.3 is 9.67 Å². The number of rotatable bonds is 3. The van der Waals surface area contributed by atoms with Gasteiger partial charge in [-0.15, -0.1) is 0 Å². The molecule has 0 bridgehead atoms. The Morgan fingerprint density at radius 1 is 1.29 bits per heavy atom. The predicted octanol–water partition coefficient (Wildman–Crippen LogP) is 3.48. The molecule has 0 aliphatic rings. The van der Waals surface area contributed by atoms with E-state index in [1.165, 1.54) is 6.07 Å². The van der Waals surface area contributed by atoms with Crippen LogP contribution < -0.4 is 0 Å². The standard InChI is InChI=1S/C16H13ClN2O2/c1-10-18-15-13(7-12(16(17)21)8-14(15)20)19(10)9-11-5-3-2-4-6-11/h2-8,20H,9H2,1H3. The molecule has 0 radical (unpaired) electrons. The fourth-order valence-corrected chi connectivity index (χ4v) is 2.51. The number of phenolic OH excluding ortho intramolecular Hbond substituents is 1. The Hall–Kier alpha value is -2.33. The third-order valence-electron chi connectivity index (χ3n) is 3.44. The van der Waals surface area contributed by atoms with Gasteiger partial charge in [0, 0.05) is 12.1 Å². The molecule has 21 heavy (non-hydrogen) atoms. The Balaban J connectivity index is 2.17. The summed E-state index contributed by atoms with van der Waals surface area (Å²) in [5.41, 5.74) is 2.54. The summed E-state index contributed by atoms with van der Waals surface area (Å²) in [6.07, 6.45) is 0. The van der Waals surface area contributed by atoms with Gasteiger partial charge in [-0.2, -0.15) is 0 Å². The molecule has 1 heterocycles. The smallest absolute Gasteiger partial charge is 0.252 e. The average Bonchev–Trinajstić information content (AvgIpc) is 2.77. The lowest BCUT2D eigenvalue weighted by Gasteiger charge is -2.07. The number of benzene rings is 2. The van der Waals surface area contributed by atoms with E-state index < -0.39 is 5.24 Å². The number of aromatic hydroxyl groups is 1. The summed E-state index contributed by atoms with van der Waals surface area (Å²) in [5.74, 6) is 0.731. The fourth-order valence-electron chi connectivity index (χ4n) is 2.40. The van der Waals surface area contributed by atoms with Crippen LogP contribution in [0.1, 0.15) is 21.7 Å². The molecule has 0 aliphatic heterocycles. The number of halogens is 1. The number of fused-ring (bicyclic) bond motifs is 1. The zero-order valence-electron chi connectivity index (χ0n) is 11.4. The van der Waals surface area contributed by atoms with Crippen molar-refractivity contribution in [1.29, 1.82) is 0 Å². The molecule has 0 saturated heterocycles. The number of hydrogen-bond donors (Lipinski definition) is 1. The number of phenols is 1. The largest absolute Gasteiger partial charge is 0.506 e. The first kappa shape index (κ1) is 13.6. The number of imidazole rings is 1. The molecule has 0 fully saturated rings. The van der Waals surface area contributed by atoms with Crippen LogP contribution in [-0.2, 0) is 6.54 Å². The Morgan fingerprint density at radius 2 is 2.00 bits per heavy atom. The molecular weight excluding hydrogens is 288 g/mol. The summed E-state index contributed by atoms with van der Waals surface area (Å²) in [6, 6.07) is 12.9. The number of carbonyl (C=O) groups excluding carboxylic acids is 1. The second kappa shape index (κ2) is 5.22. The van der Waals surface area contributed by atoms with Gasteiger partial charge in [0.05, 0.1) is 5.52 Å². The lowest BCUT2D eigenvalue weighted by atomic mass is 10.2. The first-order valence-corrected chi connectivity index (χ1v) is 6.87. The number of aryl methyl sites for hydroxylation is 1. The van der Waals surface area contributed by atoms with Crippen LogP contribution in [0.2, 0.25) is 0 Å². The molecule has 5 heteroatoms. The van der Waals surface area contributed by atoms with Gasteiger partial charge in [0.2, 0.25) is 0 Å². The van der Waals surface area contributed by atoms with Gasteiger partial charge in [-0.25, -0.2) is 4.98 Å². The normalized spacial score (nSPS) is 11.0. The van der Waals surface area contributed by atoms with Crippen LogP contribution in [0.15, 0.2) is 42.5 Å². The number of hydrogen-bond acceptors (Lipinski definition) is 3. The van der Waals surface area contributed by atoms with Crippen LogP contribution in [0.4, 0.5) is 0 Å². The molecular formula is C16H13ClN2O2. The van der Waals surface area contributed by atoms with Gasteiger partial charge in [0.15, 0.2) is 0 Å². The summed E-state index contributed by atoms with van der Waals surface area (Å²) in [4.78, 5) is 15.7. The van der Waals surface area contributed by atoms with E-state index >= 15 is 0 Å². The van der Waals surface area contributed by atoms with E-state index in [-0.39, 0.29) is 11.3 Å². The topological polar surface area (TPSA) is 55.1 Å². The van der Waals surface area contributed by atoms with E-state index in [1.807, 2.05) is 41.8 Å². The van der Waals surface area contributed by atoms with Crippen molar-refractivity contribution in [1.82, 2.24) is 9.55 Å². The van der Waals surface area contributed by atoms with E-state index in [9.17, 15) is 9.90 Å². The second-order valence-electron chi connectivity index (χ2n) is 4.87. The molecule has 1 N–H and O–H groups in total. The van der Waals surface area contributed by atoms with E-state index in [0.717, 1.165) is 11.4 Å². The SMILES string of the molecule is Cc1nc2c(O)cc(C(=O)Cl)cc2n1Cc1ccccc1. The lowest BCUT2D eigenvalue weighted by molar-refractivity contribution is 0.108. The van der Waals surface area contributed by atoms with Crippen molar-refractivity contribution < 1.29 is 9.90 Å². The molecule has 106 valence electrons. The van der Waals surface area contributed by atoms with E-state index in [4.69, 9.17) is 11.6 Å². The maximum absolute atomic E-state index is 11.3. The number of nitrogens with zero attached hydrogens (tertiary/aromatic N) is 2. The van der Waals surface area contributed by atoms with Crippen LogP contribution in [0.25, 0.3) is 11.0 Å². The number of carbonyl (C=O) groups is 1. The molecule has 0 amide bonds. The van der Waals surface area contributed by atoms with Gasteiger partial charge in [-0.3, -0.25) is 4.79 Å². The van der Waals surface area contributed by atoms with Crippen LogP contribution in [0.5, 0.6) is 5.75 Å². The minimum atomic E-state index is -0.600. The minimum absolute atomic E-state index is 0.0357. The lowest BCUT2D eigenvalue weighted by Crippen LogP contribution is -2.02. The predicted molar refractivity (Wildman–Crippen MR) is 81.9 cm³/mol. The van der Waals surface area contributed by atoms with Gasteiger partial charge >= 0.3 is 0 Å². The van der Waals surface area contributed by atoms with Crippen LogP contribution in [0, 0.1) is 6.92 Å². The van der Waals surface area contributed by atoms with Crippen molar-refractivity contribution in [2.75, 3.05) is 0 Å². The zero-order valence-corrected chi connectivity index (χ0v) is 12.1. The number of aromatic nitrogens is 2. The Labute approximate surface area is 126 Å². The first-order chi connectivity index (χ1) is 10.1. The summed E-state index contributed by atoms with van der Waals surface area (Å²) < 4.78 is 1.95. The van der Waals surface area contributed by atoms with Crippen molar-refractivity contribution in [2.24, 2.45) is 0 Å². The highest BCUT2D eigenvalue weighted by Crippen LogP contribution is 2.28. The van der Waals surface area contributed by atoms with E-state index in [1.54, 1.807) is 6.07 Å². The highest BCUT2D eigenvalue weighted by atomic mass is 35.5. The summed E-state index contributed by atoms with van der Waals surface area (Å²) in [6.45, 7) is 2.48. The quantitative estimate of drug-likeness (QED) is 0.753. The average molecular weight is 301 g/mol. The highest BCUT2D eigenvalue weighted by molar-refractivity contribution is 6.67. The fraction of sp³-hybridized carbons (Fsp3) is 0.125. The molecule has 0 unspecified atom stereocenters. The van der Waals surface area contributed by atoms with Gasteiger partial charge in [-0.1, -0.05) is 30.3 Å². The van der Waals surface area contributed by atoms with Crippen molar-refractivity contribution in [3.63, 3.8) is 0 Å². The molecule has 2 aromatic carbocycles. The molecule has 0 aliphatic carbocycles. The van der Waals surface area contributed by atoms with E-state index in [2.05, 4.69) is 4.98 Å². The monoisotopic (exact) mass is 300 g/mol. The van der Waals surface area contributed by atoms with Gasteiger partial charge in [0.1, 0.15) is 17.1 Å². The summed E-state index contributed by atoms with van der Waals surface area (Å²) in [7, 11) is 0.